The van der Waals surface area contributed by atoms with Gasteiger partial charge in [-0.2, -0.15) is 0 Å². The van der Waals surface area contributed by atoms with E-state index in [-0.39, 0.29) is 24.8 Å². The molecule has 10 nitrogen and oxygen atoms in total. The Balaban J connectivity index is 1.26. The normalized spacial score (nSPS) is 23.0. The predicted octanol–water partition coefficient (Wildman–Crippen LogP) is 3.00. The number of carbonyl (C=O) groups excluding carboxylic acids is 4. The third-order valence-electron chi connectivity index (χ3n) is 5.67. The van der Waals surface area contributed by atoms with Crippen LogP contribution in [0.3, 0.4) is 0 Å². The summed E-state index contributed by atoms with van der Waals surface area (Å²) < 4.78 is 16.9. The average Bonchev–Trinajstić information content (AvgIpc) is 3.38. The molecule has 2 aliphatic heterocycles. The molecule has 0 radical (unpaired) electrons. The minimum Gasteiger partial charge on any atom is -0.441 e. The van der Waals surface area contributed by atoms with Crippen LogP contribution in [0.5, 0.6) is 0 Å². The lowest BCUT2D eigenvalue weighted by atomic mass is 10.1. The van der Waals surface area contributed by atoms with Crippen molar-refractivity contribution >= 4 is 35.1 Å². The highest BCUT2D eigenvalue weighted by atomic mass is 16.6. The number of anilines is 2. The zero-order valence-corrected chi connectivity index (χ0v) is 18.7. The summed E-state index contributed by atoms with van der Waals surface area (Å²) >= 11 is 0. The molecule has 0 saturated carbocycles. The SMILES string of the molecule is CC(=O)c1ccc(NC(=O)N[C@H]2CO[C@H]3[C@@H]2OC[C@H]3OC(=O)Nc2ccc(C(C)=O)cc2)cc1. The number of ketones is 2. The van der Waals surface area contributed by atoms with E-state index in [9.17, 15) is 19.2 Å². The van der Waals surface area contributed by atoms with E-state index in [1.807, 2.05) is 0 Å². The molecule has 34 heavy (non-hydrogen) atoms. The van der Waals surface area contributed by atoms with Crippen LogP contribution in [-0.4, -0.2) is 61.3 Å². The zero-order valence-electron chi connectivity index (χ0n) is 18.7. The van der Waals surface area contributed by atoms with Gasteiger partial charge in [-0.3, -0.25) is 14.9 Å². The Kier molecular flexibility index (Phi) is 6.90. The lowest BCUT2D eigenvalue weighted by Gasteiger charge is -2.18. The number of hydrogen-bond acceptors (Lipinski definition) is 7. The van der Waals surface area contributed by atoms with Gasteiger partial charge < -0.3 is 24.8 Å². The van der Waals surface area contributed by atoms with Crippen LogP contribution in [0.2, 0.25) is 0 Å². The van der Waals surface area contributed by atoms with Crippen molar-refractivity contribution in [1.29, 1.82) is 0 Å². The number of benzene rings is 2. The molecule has 2 aromatic carbocycles. The number of Topliss-reactive ketones (excluding diaryl/α,β-unsaturated/α-hetero) is 2. The second-order valence-corrected chi connectivity index (χ2v) is 8.14. The highest BCUT2D eigenvalue weighted by Gasteiger charge is 2.50. The lowest BCUT2D eigenvalue weighted by Crippen LogP contribution is -2.46. The van der Waals surface area contributed by atoms with E-state index in [2.05, 4.69) is 16.0 Å². The molecule has 2 aromatic rings. The van der Waals surface area contributed by atoms with Gasteiger partial charge in [0.15, 0.2) is 17.7 Å². The summed E-state index contributed by atoms with van der Waals surface area (Å²) in [6, 6.07) is 12.2. The Morgan fingerprint density at radius 3 is 1.85 bits per heavy atom. The van der Waals surface area contributed by atoms with Gasteiger partial charge in [-0.05, 0) is 62.4 Å². The van der Waals surface area contributed by atoms with Gasteiger partial charge in [0.25, 0.3) is 0 Å². The summed E-state index contributed by atoms with van der Waals surface area (Å²) in [6.07, 6.45) is -2.27. The molecule has 0 bridgehead atoms. The Hall–Kier alpha value is -3.76. The van der Waals surface area contributed by atoms with Crippen LogP contribution in [0.25, 0.3) is 0 Å². The molecular formula is C24H25N3O7. The quantitative estimate of drug-likeness (QED) is 0.557. The topological polar surface area (TPSA) is 132 Å². The van der Waals surface area contributed by atoms with Crippen molar-refractivity contribution in [2.45, 2.75) is 38.2 Å². The minimum absolute atomic E-state index is 0.0557. The fraction of sp³-hybridized carbons (Fsp3) is 0.333. The van der Waals surface area contributed by atoms with Crippen LogP contribution < -0.4 is 16.0 Å². The van der Waals surface area contributed by atoms with Crippen LogP contribution in [0.15, 0.2) is 48.5 Å². The first-order valence-electron chi connectivity index (χ1n) is 10.8. The summed E-state index contributed by atoms with van der Waals surface area (Å²) in [5, 5.41) is 8.13. The number of amides is 3. The molecule has 0 aromatic heterocycles. The highest BCUT2D eigenvalue weighted by Crippen LogP contribution is 2.29. The van der Waals surface area contributed by atoms with Gasteiger partial charge in [0.05, 0.1) is 19.3 Å². The van der Waals surface area contributed by atoms with Gasteiger partial charge in [-0.25, -0.2) is 9.59 Å². The van der Waals surface area contributed by atoms with E-state index >= 15 is 0 Å². The Morgan fingerprint density at radius 2 is 1.29 bits per heavy atom. The summed E-state index contributed by atoms with van der Waals surface area (Å²) in [6.45, 7) is 3.28. The standard InChI is InChI=1S/C24H25N3O7/c1-13(28)15-3-7-17(8-4-15)25-23(30)27-19-11-32-22-20(12-33-21(19)22)34-24(31)26-18-9-5-16(6-10-18)14(2)29/h3-10,19-22H,11-12H2,1-2H3,(H,26,31)(H2,25,27,30)/t19-,20+,21+,22+/m0/s1. The number of ether oxygens (including phenoxy) is 3. The van der Waals surface area contributed by atoms with Crippen LogP contribution in [0.4, 0.5) is 21.0 Å². The fourth-order valence-electron chi connectivity index (χ4n) is 3.89. The first kappa shape index (κ1) is 23.4. The molecular weight excluding hydrogens is 442 g/mol. The number of nitrogens with one attached hydrogen (secondary N) is 3. The average molecular weight is 467 g/mol. The van der Waals surface area contributed by atoms with Crippen LogP contribution >= 0.6 is 0 Å². The largest absolute Gasteiger partial charge is 0.441 e. The molecule has 2 fully saturated rings. The monoisotopic (exact) mass is 467 g/mol. The Labute approximate surface area is 195 Å². The molecule has 0 unspecified atom stereocenters. The van der Waals surface area contributed by atoms with Crippen molar-refractivity contribution in [1.82, 2.24) is 5.32 Å². The molecule has 2 aliphatic rings. The second kappa shape index (κ2) is 10.0. The number of carbonyl (C=O) groups is 4. The van der Waals surface area contributed by atoms with Gasteiger partial charge in [0, 0.05) is 22.5 Å². The number of fused-ring (bicyclic) bond motifs is 1. The summed E-state index contributed by atoms with van der Waals surface area (Å²) in [5.74, 6) is -0.121. The van der Waals surface area contributed by atoms with E-state index < -0.39 is 36.5 Å². The van der Waals surface area contributed by atoms with E-state index in [0.29, 0.717) is 22.5 Å². The van der Waals surface area contributed by atoms with E-state index in [0.717, 1.165) is 0 Å². The first-order chi connectivity index (χ1) is 16.3. The summed E-state index contributed by atoms with van der Waals surface area (Å²) in [7, 11) is 0. The minimum atomic E-state index is -0.670. The highest BCUT2D eigenvalue weighted by molar-refractivity contribution is 5.96. The van der Waals surface area contributed by atoms with Crippen LogP contribution in [0.1, 0.15) is 34.6 Å². The molecule has 2 saturated heterocycles. The van der Waals surface area contributed by atoms with Crippen molar-refractivity contribution in [3.05, 3.63) is 59.7 Å². The van der Waals surface area contributed by atoms with Crippen molar-refractivity contribution in [3.63, 3.8) is 0 Å². The molecule has 3 N–H and O–H groups in total. The van der Waals surface area contributed by atoms with Gasteiger partial charge >= 0.3 is 12.1 Å². The molecule has 178 valence electrons. The van der Waals surface area contributed by atoms with E-state index in [1.54, 1.807) is 48.5 Å². The Bertz CT molecular complexity index is 997. The van der Waals surface area contributed by atoms with Gasteiger partial charge in [0.2, 0.25) is 0 Å². The molecule has 2 heterocycles. The third-order valence-corrected chi connectivity index (χ3v) is 5.67. The molecule has 3 amide bonds. The predicted molar refractivity (Wildman–Crippen MR) is 122 cm³/mol. The molecule has 0 spiro atoms. The van der Waals surface area contributed by atoms with Gasteiger partial charge in [-0.1, -0.05) is 0 Å². The van der Waals surface area contributed by atoms with E-state index in [1.165, 1.54) is 13.8 Å². The third kappa shape index (κ3) is 5.41. The summed E-state index contributed by atoms with van der Waals surface area (Å²) in [5.41, 5.74) is 2.13. The van der Waals surface area contributed by atoms with Crippen LogP contribution in [0, 0.1) is 0 Å². The summed E-state index contributed by atoms with van der Waals surface area (Å²) in [4.78, 5) is 47.4. The van der Waals surface area contributed by atoms with Crippen molar-refractivity contribution in [2.24, 2.45) is 0 Å². The maximum atomic E-state index is 12.4. The second-order valence-electron chi connectivity index (χ2n) is 8.14. The van der Waals surface area contributed by atoms with Gasteiger partial charge in [0.1, 0.15) is 12.2 Å². The number of rotatable bonds is 6. The number of urea groups is 1. The van der Waals surface area contributed by atoms with Crippen molar-refractivity contribution in [3.8, 4) is 0 Å². The Morgan fingerprint density at radius 1 is 0.765 bits per heavy atom. The zero-order chi connectivity index (χ0) is 24.2. The van der Waals surface area contributed by atoms with Crippen molar-refractivity contribution < 1.29 is 33.4 Å². The smallest absolute Gasteiger partial charge is 0.412 e. The molecule has 4 rings (SSSR count). The van der Waals surface area contributed by atoms with Crippen molar-refractivity contribution in [2.75, 3.05) is 23.8 Å². The fourth-order valence-corrected chi connectivity index (χ4v) is 3.89. The van der Waals surface area contributed by atoms with Crippen LogP contribution in [-0.2, 0) is 14.2 Å². The maximum Gasteiger partial charge on any atom is 0.412 e. The molecule has 0 aliphatic carbocycles. The van der Waals surface area contributed by atoms with Gasteiger partial charge in [-0.15, -0.1) is 0 Å². The maximum absolute atomic E-state index is 12.4. The number of hydrogen-bond donors (Lipinski definition) is 3. The lowest BCUT2D eigenvalue weighted by molar-refractivity contribution is 0.00873. The molecule has 4 atom stereocenters. The first-order valence-corrected chi connectivity index (χ1v) is 10.8. The van der Waals surface area contributed by atoms with E-state index in [4.69, 9.17) is 14.2 Å². The molecule has 10 heteroatoms.